The van der Waals surface area contributed by atoms with Gasteiger partial charge in [0.25, 0.3) is 0 Å². The van der Waals surface area contributed by atoms with Crippen LogP contribution in [0.25, 0.3) is 5.76 Å². The van der Waals surface area contributed by atoms with Gasteiger partial charge in [-0.05, 0) is 37.0 Å². The van der Waals surface area contributed by atoms with Crippen molar-refractivity contribution < 1.29 is 9.90 Å². The molecule has 1 amide bonds. The Morgan fingerprint density at radius 3 is 3.00 bits per heavy atom. The van der Waals surface area contributed by atoms with Crippen molar-refractivity contribution in [2.75, 3.05) is 6.54 Å². The van der Waals surface area contributed by atoms with Crippen molar-refractivity contribution in [2.24, 2.45) is 0 Å². The van der Waals surface area contributed by atoms with Gasteiger partial charge in [0, 0.05) is 12.1 Å². The van der Waals surface area contributed by atoms with Crippen LogP contribution in [0.3, 0.4) is 0 Å². The molecule has 1 aliphatic carbocycles. The third kappa shape index (κ3) is 2.05. The lowest BCUT2D eigenvalue weighted by molar-refractivity contribution is -0.120. The summed E-state index contributed by atoms with van der Waals surface area (Å²) in [6.45, 7) is 6.21. The summed E-state index contributed by atoms with van der Waals surface area (Å²) in [6, 6.07) is 5.99. The van der Waals surface area contributed by atoms with Gasteiger partial charge in [0.1, 0.15) is 5.76 Å². The number of benzene rings is 1. The molecule has 0 aromatic heterocycles. The fourth-order valence-corrected chi connectivity index (χ4v) is 2.47. The molecule has 0 fully saturated rings. The third-order valence-corrected chi connectivity index (χ3v) is 3.43. The Labute approximate surface area is 101 Å². The monoisotopic (exact) mass is 231 g/mol. The minimum atomic E-state index is 0.0765. The van der Waals surface area contributed by atoms with Crippen LogP contribution in [0, 0.1) is 0 Å². The topological polar surface area (TPSA) is 40.5 Å². The molecule has 0 saturated carbocycles. The summed E-state index contributed by atoms with van der Waals surface area (Å²) < 4.78 is 0. The highest BCUT2D eigenvalue weighted by Crippen LogP contribution is 2.36. The Bertz CT molecular complexity index is 454. The molecule has 0 heterocycles. The third-order valence-electron chi connectivity index (χ3n) is 3.43. The van der Waals surface area contributed by atoms with E-state index in [1.165, 1.54) is 5.56 Å². The first-order valence-corrected chi connectivity index (χ1v) is 5.89. The summed E-state index contributed by atoms with van der Waals surface area (Å²) >= 11 is 0. The summed E-state index contributed by atoms with van der Waals surface area (Å²) in [4.78, 5) is 12.8. The number of nitrogens with zero attached hydrogens (tertiary/aromatic N) is 1. The molecule has 1 aliphatic rings. The second-order valence-electron chi connectivity index (χ2n) is 4.35. The molecule has 1 aromatic carbocycles. The average Bonchev–Trinajstić information content (AvgIpc) is 2.74. The van der Waals surface area contributed by atoms with Crippen LogP contribution in [0.15, 0.2) is 24.8 Å². The quantitative estimate of drug-likeness (QED) is 0.639. The van der Waals surface area contributed by atoms with Crippen LogP contribution < -0.4 is 0 Å². The van der Waals surface area contributed by atoms with E-state index < -0.39 is 0 Å². The molecule has 0 spiro atoms. The molecular formula is C14H17NO2. The van der Waals surface area contributed by atoms with E-state index in [0.717, 1.165) is 30.4 Å². The Balaban J connectivity index is 2.38. The van der Waals surface area contributed by atoms with E-state index in [1.807, 2.05) is 25.1 Å². The maximum Gasteiger partial charge on any atom is 0.210 e. The molecule has 3 nitrogen and oxygen atoms in total. The van der Waals surface area contributed by atoms with Gasteiger partial charge in [-0.2, -0.15) is 0 Å². The van der Waals surface area contributed by atoms with Gasteiger partial charge in [-0.3, -0.25) is 4.79 Å². The largest absolute Gasteiger partial charge is 0.508 e. The molecule has 0 bridgehead atoms. The number of aliphatic hydroxyl groups is 1. The predicted octanol–water partition coefficient (Wildman–Crippen LogP) is 2.68. The molecule has 1 atom stereocenters. The zero-order valence-electron chi connectivity index (χ0n) is 10.0. The first kappa shape index (κ1) is 11.7. The lowest BCUT2D eigenvalue weighted by atomic mass is 10.0. The number of fused-ring (bicyclic) bond motifs is 1. The van der Waals surface area contributed by atoms with Crippen LogP contribution in [-0.2, 0) is 11.2 Å². The molecule has 2 rings (SSSR count). The normalized spacial score (nSPS) is 17.6. The maximum atomic E-state index is 11.0. The first-order chi connectivity index (χ1) is 8.17. The molecule has 90 valence electrons. The van der Waals surface area contributed by atoms with Crippen molar-refractivity contribution in [1.29, 1.82) is 0 Å². The zero-order valence-corrected chi connectivity index (χ0v) is 10.0. The maximum absolute atomic E-state index is 11.0. The molecular weight excluding hydrogens is 214 g/mol. The number of aliphatic hydroxyl groups excluding tert-OH is 1. The Morgan fingerprint density at radius 1 is 1.65 bits per heavy atom. The van der Waals surface area contributed by atoms with E-state index in [1.54, 1.807) is 4.90 Å². The fraction of sp³-hybridized carbons (Fsp3) is 0.357. The van der Waals surface area contributed by atoms with Crippen LogP contribution in [-0.4, -0.2) is 23.0 Å². The van der Waals surface area contributed by atoms with Crippen LogP contribution in [0.2, 0.25) is 0 Å². The lowest BCUT2D eigenvalue weighted by Crippen LogP contribution is -2.25. The molecule has 0 radical (unpaired) electrons. The number of hydrogen-bond donors (Lipinski definition) is 1. The van der Waals surface area contributed by atoms with Gasteiger partial charge in [-0.15, -0.1) is 0 Å². The van der Waals surface area contributed by atoms with Crippen molar-refractivity contribution >= 4 is 12.2 Å². The number of hydrogen-bond acceptors (Lipinski definition) is 2. The SMILES string of the molecule is C=C(O)c1ccc2c(c1)C(N(C=O)CC)CC2. The summed E-state index contributed by atoms with van der Waals surface area (Å²) in [6.07, 6.45) is 2.85. The molecule has 0 saturated heterocycles. The van der Waals surface area contributed by atoms with E-state index in [-0.39, 0.29) is 11.8 Å². The van der Waals surface area contributed by atoms with E-state index in [4.69, 9.17) is 0 Å². The predicted molar refractivity (Wildman–Crippen MR) is 67.6 cm³/mol. The highest BCUT2D eigenvalue weighted by molar-refractivity contribution is 5.59. The second kappa shape index (κ2) is 4.62. The molecule has 0 aliphatic heterocycles. The van der Waals surface area contributed by atoms with Crippen molar-refractivity contribution in [3.05, 3.63) is 41.5 Å². The van der Waals surface area contributed by atoms with Crippen molar-refractivity contribution in [3.8, 4) is 0 Å². The van der Waals surface area contributed by atoms with Gasteiger partial charge in [0.2, 0.25) is 6.41 Å². The van der Waals surface area contributed by atoms with Gasteiger partial charge < -0.3 is 10.0 Å². The molecule has 1 aromatic rings. The second-order valence-corrected chi connectivity index (χ2v) is 4.35. The lowest BCUT2D eigenvalue weighted by Gasteiger charge is -2.24. The molecule has 1 N–H and O–H groups in total. The summed E-state index contributed by atoms with van der Waals surface area (Å²) in [7, 11) is 0. The van der Waals surface area contributed by atoms with E-state index in [9.17, 15) is 9.90 Å². The van der Waals surface area contributed by atoms with Gasteiger partial charge in [-0.25, -0.2) is 0 Å². The standard InChI is InChI=1S/C14H17NO2/c1-3-15(9-16)14-7-6-11-4-5-12(10(2)17)8-13(11)14/h4-5,8-9,14,17H,2-3,6-7H2,1H3. The van der Waals surface area contributed by atoms with Gasteiger partial charge in [0.15, 0.2) is 0 Å². The van der Waals surface area contributed by atoms with Crippen LogP contribution >= 0.6 is 0 Å². The summed E-state index contributed by atoms with van der Waals surface area (Å²) in [5.41, 5.74) is 3.14. The fourth-order valence-electron chi connectivity index (χ4n) is 2.47. The molecule has 1 unspecified atom stereocenters. The summed E-state index contributed by atoms with van der Waals surface area (Å²) in [5.74, 6) is 0.0765. The van der Waals surface area contributed by atoms with E-state index >= 15 is 0 Å². The number of carbonyl (C=O) groups is 1. The number of rotatable bonds is 4. The van der Waals surface area contributed by atoms with Crippen LogP contribution in [0.4, 0.5) is 0 Å². The number of aryl methyl sites for hydroxylation is 1. The summed E-state index contributed by atoms with van der Waals surface area (Å²) in [5, 5.41) is 9.42. The Hall–Kier alpha value is -1.77. The van der Waals surface area contributed by atoms with Gasteiger partial charge >= 0.3 is 0 Å². The molecule has 17 heavy (non-hydrogen) atoms. The molecule has 3 heteroatoms. The Morgan fingerprint density at radius 2 is 2.41 bits per heavy atom. The van der Waals surface area contributed by atoms with E-state index in [0.29, 0.717) is 6.54 Å². The van der Waals surface area contributed by atoms with Gasteiger partial charge in [-0.1, -0.05) is 18.7 Å². The van der Waals surface area contributed by atoms with E-state index in [2.05, 4.69) is 6.58 Å². The highest BCUT2D eigenvalue weighted by atomic mass is 16.3. The van der Waals surface area contributed by atoms with Crippen molar-refractivity contribution in [3.63, 3.8) is 0 Å². The minimum absolute atomic E-state index is 0.0765. The van der Waals surface area contributed by atoms with Crippen molar-refractivity contribution in [1.82, 2.24) is 4.90 Å². The number of carbonyl (C=O) groups excluding carboxylic acids is 1. The minimum Gasteiger partial charge on any atom is -0.508 e. The van der Waals surface area contributed by atoms with Gasteiger partial charge in [0.05, 0.1) is 6.04 Å². The zero-order chi connectivity index (χ0) is 12.4. The average molecular weight is 231 g/mol. The van der Waals surface area contributed by atoms with Crippen LogP contribution in [0.1, 0.15) is 36.1 Å². The highest BCUT2D eigenvalue weighted by Gasteiger charge is 2.26. The number of amides is 1. The first-order valence-electron chi connectivity index (χ1n) is 5.89. The van der Waals surface area contributed by atoms with Crippen molar-refractivity contribution in [2.45, 2.75) is 25.8 Å². The Kier molecular flexibility index (Phi) is 3.18. The van der Waals surface area contributed by atoms with Crippen LogP contribution in [0.5, 0.6) is 0 Å². The smallest absolute Gasteiger partial charge is 0.210 e.